The van der Waals surface area contributed by atoms with Crippen molar-refractivity contribution in [3.8, 4) is 0 Å². The van der Waals surface area contributed by atoms with Crippen molar-refractivity contribution in [3.05, 3.63) is 48.0 Å². The van der Waals surface area contributed by atoms with Crippen molar-refractivity contribution in [2.24, 2.45) is 0 Å². The lowest BCUT2D eigenvalue weighted by molar-refractivity contribution is -0.133. The van der Waals surface area contributed by atoms with Crippen molar-refractivity contribution in [2.45, 2.75) is 26.3 Å². The highest BCUT2D eigenvalue weighted by atomic mass is 16.2. The van der Waals surface area contributed by atoms with Crippen molar-refractivity contribution >= 4 is 11.8 Å². The van der Waals surface area contributed by atoms with Gasteiger partial charge in [-0.25, -0.2) is 0 Å². The van der Waals surface area contributed by atoms with Gasteiger partial charge in [0.05, 0.1) is 0 Å². The zero-order valence-electron chi connectivity index (χ0n) is 12.5. The molecule has 0 atom stereocenters. The van der Waals surface area contributed by atoms with E-state index in [0.717, 1.165) is 13.0 Å². The van der Waals surface area contributed by atoms with Crippen LogP contribution in [-0.2, 0) is 22.6 Å². The summed E-state index contributed by atoms with van der Waals surface area (Å²) < 4.78 is 0. The molecule has 0 radical (unpaired) electrons. The molecule has 1 aliphatic rings. The summed E-state index contributed by atoms with van der Waals surface area (Å²) in [5, 5.41) is 0. The van der Waals surface area contributed by atoms with Crippen LogP contribution in [0.25, 0.3) is 0 Å². The summed E-state index contributed by atoms with van der Waals surface area (Å²) in [5.74, 6) is 0.0894. The fourth-order valence-corrected chi connectivity index (χ4v) is 2.63. The van der Waals surface area contributed by atoms with Crippen LogP contribution in [0.2, 0.25) is 0 Å². The van der Waals surface area contributed by atoms with Gasteiger partial charge in [0, 0.05) is 39.5 Å². The van der Waals surface area contributed by atoms with Crippen molar-refractivity contribution in [1.29, 1.82) is 0 Å². The fourth-order valence-electron chi connectivity index (χ4n) is 2.63. The third-order valence-electron chi connectivity index (χ3n) is 3.87. The van der Waals surface area contributed by atoms with E-state index in [9.17, 15) is 9.59 Å². The van der Waals surface area contributed by atoms with Gasteiger partial charge in [-0.05, 0) is 17.5 Å². The van der Waals surface area contributed by atoms with Gasteiger partial charge in [-0.3, -0.25) is 9.59 Å². The minimum absolute atomic E-state index is 0.0216. The summed E-state index contributed by atoms with van der Waals surface area (Å²) in [4.78, 5) is 27.3. The van der Waals surface area contributed by atoms with Crippen LogP contribution in [0.5, 0.6) is 0 Å². The zero-order chi connectivity index (χ0) is 15.2. The van der Waals surface area contributed by atoms with E-state index >= 15 is 0 Å². The Morgan fingerprint density at radius 2 is 2.05 bits per heavy atom. The molecule has 0 spiro atoms. The Balaban J connectivity index is 1.90. The Bertz CT molecular complexity index is 539. The van der Waals surface area contributed by atoms with Crippen LogP contribution >= 0.6 is 0 Å². The van der Waals surface area contributed by atoms with Gasteiger partial charge in [0.25, 0.3) is 0 Å². The maximum absolute atomic E-state index is 12.3. The molecule has 0 saturated heterocycles. The van der Waals surface area contributed by atoms with Gasteiger partial charge in [-0.1, -0.05) is 30.3 Å². The van der Waals surface area contributed by atoms with E-state index in [1.54, 1.807) is 11.0 Å². The predicted molar refractivity (Wildman–Crippen MR) is 82.6 cm³/mol. The number of benzene rings is 1. The molecule has 21 heavy (non-hydrogen) atoms. The number of amides is 2. The van der Waals surface area contributed by atoms with E-state index in [0.29, 0.717) is 26.1 Å². The van der Waals surface area contributed by atoms with Crippen LogP contribution in [0, 0.1) is 0 Å². The standard InChI is InChI=1S/C17H22N2O2/c1-3-10-18(14(2)20)12-9-17(21)19-11-8-15-6-4-5-7-16(15)13-19/h3-7H,1,8-13H2,2H3. The SMILES string of the molecule is C=CCN(CCC(=O)N1CCc2ccccc2C1)C(C)=O. The fraction of sp³-hybridized carbons (Fsp3) is 0.412. The highest BCUT2D eigenvalue weighted by molar-refractivity contribution is 5.78. The summed E-state index contributed by atoms with van der Waals surface area (Å²) in [5.41, 5.74) is 2.56. The third kappa shape index (κ3) is 3.94. The Morgan fingerprint density at radius 1 is 1.33 bits per heavy atom. The van der Waals surface area contributed by atoms with Gasteiger partial charge in [-0.15, -0.1) is 6.58 Å². The van der Waals surface area contributed by atoms with E-state index in [2.05, 4.69) is 18.7 Å². The number of nitrogens with zero attached hydrogens (tertiary/aromatic N) is 2. The first-order valence-corrected chi connectivity index (χ1v) is 7.32. The van der Waals surface area contributed by atoms with Crippen molar-refractivity contribution in [1.82, 2.24) is 9.80 Å². The van der Waals surface area contributed by atoms with Crippen LogP contribution < -0.4 is 0 Å². The molecular formula is C17H22N2O2. The Morgan fingerprint density at radius 3 is 2.71 bits per heavy atom. The molecule has 1 aromatic rings. The lowest BCUT2D eigenvalue weighted by Crippen LogP contribution is -2.39. The maximum atomic E-state index is 12.3. The maximum Gasteiger partial charge on any atom is 0.224 e. The first kappa shape index (κ1) is 15.3. The van der Waals surface area contributed by atoms with Gasteiger partial charge < -0.3 is 9.80 Å². The summed E-state index contributed by atoms with van der Waals surface area (Å²) in [6.07, 6.45) is 2.96. The molecule has 1 aromatic carbocycles. The van der Waals surface area contributed by atoms with Crippen molar-refractivity contribution in [2.75, 3.05) is 19.6 Å². The average molecular weight is 286 g/mol. The molecule has 1 heterocycles. The number of rotatable bonds is 5. The minimum Gasteiger partial charge on any atom is -0.339 e. The first-order valence-electron chi connectivity index (χ1n) is 7.32. The van der Waals surface area contributed by atoms with Crippen LogP contribution in [0.4, 0.5) is 0 Å². The number of fused-ring (bicyclic) bond motifs is 1. The molecule has 112 valence electrons. The minimum atomic E-state index is -0.0216. The molecule has 0 fully saturated rings. The molecule has 4 nitrogen and oxygen atoms in total. The molecule has 1 aliphatic heterocycles. The van der Waals surface area contributed by atoms with Gasteiger partial charge >= 0.3 is 0 Å². The molecule has 2 amide bonds. The van der Waals surface area contributed by atoms with Crippen LogP contribution in [0.3, 0.4) is 0 Å². The topological polar surface area (TPSA) is 40.6 Å². The Labute approximate surface area is 126 Å². The summed E-state index contributed by atoms with van der Waals surface area (Å²) >= 11 is 0. The second kappa shape index (κ2) is 7.07. The van der Waals surface area contributed by atoms with Gasteiger partial charge in [0.1, 0.15) is 0 Å². The summed E-state index contributed by atoms with van der Waals surface area (Å²) in [7, 11) is 0. The quantitative estimate of drug-likeness (QED) is 0.777. The molecule has 0 N–H and O–H groups in total. The third-order valence-corrected chi connectivity index (χ3v) is 3.87. The Kier molecular flexibility index (Phi) is 5.14. The van der Waals surface area contributed by atoms with E-state index in [4.69, 9.17) is 0 Å². The highest BCUT2D eigenvalue weighted by Gasteiger charge is 2.20. The molecule has 0 bridgehead atoms. The number of carbonyl (C=O) groups excluding carboxylic acids is 2. The number of hydrogen-bond acceptors (Lipinski definition) is 2. The largest absolute Gasteiger partial charge is 0.339 e. The Hall–Kier alpha value is -2.10. The molecular weight excluding hydrogens is 264 g/mol. The van der Waals surface area contributed by atoms with Crippen LogP contribution in [0.1, 0.15) is 24.5 Å². The molecule has 0 unspecified atom stereocenters. The predicted octanol–water partition coefficient (Wildman–Crippen LogP) is 2.00. The molecule has 4 heteroatoms. The second-order valence-corrected chi connectivity index (χ2v) is 5.34. The lowest BCUT2D eigenvalue weighted by Gasteiger charge is -2.29. The molecule has 0 aliphatic carbocycles. The van der Waals surface area contributed by atoms with E-state index in [1.165, 1.54) is 18.1 Å². The smallest absolute Gasteiger partial charge is 0.224 e. The van der Waals surface area contributed by atoms with Crippen LogP contribution in [-0.4, -0.2) is 41.2 Å². The molecule has 0 saturated carbocycles. The summed E-state index contributed by atoms with van der Waals surface area (Å²) in [6, 6.07) is 8.25. The van der Waals surface area contributed by atoms with E-state index < -0.39 is 0 Å². The normalized spacial score (nSPS) is 13.5. The van der Waals surface area contributed by atoms with Crippen LogP contribution in [0.15, 0.2) is 36.9 Å². The van der Waals surface area contributed by atoms with Gasteiger partial charge in [0.2, 0.25) is 11.8 Å². The second-order valence-electron chi connectivity index (χ2n) is 5.34. The lowest BCUT2D eigenvalue weighted by atomic mass is 10.00. The van der Waals surface area contributed by atoms with E-state index in [-0.39, 0.29) is 11.8 Å². The van der Waals surface area contributed by atoms with Gasteiger partial charge in [0.15, 0.2) is 0 Å². The number of carbonyl (C=O) groups is 2. The van der Waals surface area contributed by atoms with Crippen molar-refractivity contribution < 1.29 is 9.59 Å². The van der Waals surface area contributed by atoms with E-state index in [1.807, 2.05) is 17.0 Å². The average Bonchev–Trinajstić information content (AvgIpc) is 2.50. The zero-order valence-corrected chi connectivity index (χ0v) is 12.5. The van der Waals surface area contributed by atoms with Gasteiger partial charge in [-0.2, -0.15) is 0 Å². The number of hydrogen-bond donors (Lipinski definition) is 0. The summed E-state index contributed by atoms with van der Waals surface area (Å²) in [6.45, 7) is 7.54. The highest BCUT2D eigenvalue weighted by Crippen LogP contribution is 2.19. The first-order chi connectivity index (χ1) is 10.1. The molecule has 0 aromatic heterocycles. The molecule has 2 rings (SSSR count). The monoisotopic (exact) mass is 286 g/mol. The van der Waals surface area contributed by atoms with Crippen molar-refractivity contribution in [3.63, 3.8) is 0 Å².